The third-order valence-corrected chi connectivity index (χ3v) is 3.25. The lowest BCUT2D eigenvalue weighted by Gasteiger charge is -2.16. The second kappa shape index (κ2) is 7.94. The van der Waals surface area contributed by atoms with Gasteiger partial charge in [0.15, 0.2) is 0 Å². The summed E-state index contributed by atoms with van der Waals surface area (Å²) in [4.78, 5) is 0. The number of hydrogen-bond donors (Lipinski definition) is 0. The van der Waals surface area contributed by atoms with Gasteiger partial charge in [-0.25, -0.2) is 0 Å². The molecule has 0 N–H and O–H groups in total. The predicted octanol–water partition coefficient (Wildman–Crippen LogP) is 2.62. The number of halogens is 1. The highest BCUT2D eigenvalue weighted by Gasteiger charge is 2.23. The summed E-state index contributed by atoms with van der Waals surface area (Å²) in [5.74, 6) is 0. The number of rotatable bonds is 8. The van der Waals surface area contributed by atoms with Crippen LogP contribution < -0.4 is 0 Å². The molecule has 0 unspecified atom stereocenters. The Balaban J connectivity index is 3.85. The van der Waals surface area contributed by atoms with Crippen LogP contribution in [-0.2, 0) is 18.3 Å². The van der Waals surface area contributed by atoms with Crippen LogP contribution in [0.1, 0.15) is 13.8 Å². The molecule has 4 nitrogen and oxygen atoms in total. The predicted molar refractivity (Wildman–Crippen MR) is 55.5 cm³/mol. The molecular formula is C7H16BrO4P. The van der Waals surface area contributed by atoms with Crippen LogP contribution in [0.15, 0.2) is 0 Å². The standard InChI is InChI=1S/C7H16BrO4P/c1-3-11-13(9,12-4-2)7-10-6-5-8/h3-7H2,1-2H3. The summed E-state index contributed by atoms with van der Waals surface area (Å²) >= 11 is 3.20. The molecule has 0 saturated carbocycles. The maximum atomic E-state index is 11.7. The van der Waals surface area contributed by atoms with E-state index in [0.717, 1.165) is 0 Å². The zero-order valence-corrected chi connectivity index (χ0v) is 10.5. The van der Waals surface area contributed by atoms with Crippen molar-refractivity contribution in [3.8, 4) is 0 Å². The van der Waals surface area contributed by atoms with Crippen LogP contribution in [-0.4, -0.2) is 31.5 Å². The van der Waals surface area contributed by atoms with E-state index in [1.807, 2.05) is 0 Å². The van der Waals surface area contributed by atoms with E-state index >= 15 is 0 Å². The van der Waals surface area contributed by atoms with Crippen molar-refractivity contribution >= 4 is 23.5 Å². The van der Waals surface area contributed by atoms with E-state index in [1.54, 1.807) is 13.8 Å². The highest BCUT2D eigenvalue weighted by Crippen LogP contribution is 2.47. The van der Waals surface area contributed by atoms with Gasteiger partial charge < -0.3 is 13.8 Å². The van der Waals surface area contributed by atoms with Crippen molar-refractivity contribution in [3.63, 3.8) is 0 Å². The minimum Gasteiger partial charge on any atom is -0.368 e. The van der Waals surface area contributed by atoms with Crippen LogP contribution in [0, 0.1) is 0 Å². The van der Waals surface area contributed by atoms with E-state index in [9.17, 15) is 4.57 Å². The molecule has 0 aromatic carbocycles. The molecule has 0 aromatic rings. The van der Waals surface area contributed by atoms with E-state index in [-0.39, 0.29) is 6.35 Å². The molecule has 0 radical (unpaired) electrons. The lowest BCUT2D eigenvalue weighted by molar-refractivity contribution is 0.143. The van der Waals surface area contributed by atoms with E-state index in [4.69, 9.17) is 13.8 Å². The molecule has 80 valence electrons. The largest absolute Gasteiger partial charge is 0.368 e. The van der Waals surface area contributed by atoms with E-state index in [0.29, 0.717) is 25.2 Å². The minimum absolute atomic E-state index is 0.0281. The highest BCUT2D eigenvalue weighted by atomic mass is 79.9. The van der Waals surface area contributed by atoms with Gasteiger partial charge in [-0.2, -0.15) is 0 Å². The maximum absolute atomic E-state index is 11.7. The molecule has 0 spiro atoms. The minimum atomic E-state index is -2.99. The van der Waals surface area contributed by atoms with Crippen molar-refractivity contribution in [3.05, 3.63) is 0 Å². The molecule has 0 aliphatic heterocycles. The average molecular weight is 275 g/mol. The Morgan fingerprint density at radius 1 is 1.23 bits per heavy atom. The molecule has 0 fully saturated rings. The van der Waals surface area contributed by atoms with Gasteiger partial charge in [0.1, 0.15) is 6.35 Å². The second-order valence-electron chi connectivity index (χ2n) is 2.17. The third kappa shape index (κ3) is 6.63. The van der Waals surface area contributed by atoms with E-state index in [1.165, 1.54) is 0 Å². The van der Waals surface area contributed by atoms with Crippen LogP contribution in [0.25, 0.3) is 0 Å². The van der Waals surface area contributed by atoms with Crippen molar-refractivity contribution in [2.45, 2.75) is 13.8 Å². The normalized spacial score (nSPS) is 11.9. The quantitative estimate of drug-likeness (QED) is 0.388. The first-order chi connectivity index (χ1) is 6.18. The fourth-order valence-electron chi connectivity index (χ4n) is 0.736. The van der Waals surface area contributed by atoms with Crippen LogP contribution in [0.3, 0.4) is 0 Å². The van der Waals surface area contributed by atoms with Gasteiger partial charge in [-0.1, -0.05) is 15.9 Å². The van der Waals surface area contributed by atoms with Gasteiger partial charge in [0.05, 0.1) is 19.8 Å². The smallest absolute Gasteiger partial charge is 0.356 e. The van der Waals surface area contributed by atoms with Crippen molar-refractivity contribution in [2.75, 3.05) is 31.5 Å². The van der Waals surface area contributed by atoms with Crippen LogP contribution >= 0.6 is 23.5 Å². The molecule has 0 atom stereocenters. The van der Waals surface area contributed by atoms with Gasteiger partial charge >= 0.3 is 7.60 Å². The monoisotopic (exact) mass is 274 g/mol. The first kappa shape index (κ1) is 13.6. The van der Waals surface area contributed by atoms with Gasteiger partial charge in [0, 0.05) is 5.33 Å². The van der Waals surface area contributed by atoms with Crippen molar-refractivity contribution in [1.82, 2.24) is 0 Å². The van der Waals surface area contributed by atoms with E-state index in [2.05, 4.69) is 15.9 Å². The second-order valence-corrected chi connectivity index (χ2v) is 4.96. The first-order valence-electron chi connectivity index (χ1n) is 4.20. The molecule has 0 aromatic heterocycles. The SMILES string of the molecule is CCOP(=O)(COCCBr)OCC. The Kier molecular flexibility index (Phi) is 8.31. The summed E-state index contributed by atoms with van der Waals surface area (Å²) in [6.45, 7) is 4.79. The van der Waals surface area contributed by atoms with Crippen LogP contribution in [0.2, 0.25) is 0 Å². The van der Waals surface area contributed by atoms with E-state index < -0.39 is 7.60 Å². The Bertz CT molecular complexity index is 155. The Labute approximate surface area is 87.6 Å². The molecular weight excluding hydrogens is 259 g/mol. The zero-order valence-electron chi connectivity index (χ0n) is 7.99. The number of hydrogen-bond acceptors (Lipinski definition) is 4. The summed E-state index contributed by atoms with van der Waals surface area (Å²) < 4.78 is 26.8. The Hall–Kier alpha value is 0.590. The molecule has 6 heteroatoms. The van der Waals surface area contributed by atoms with Crippen molar-refractivity contribution in [2.24, 2.45) is 0 Å². The lowest BCUT2D eigenvalue weighted by atomic mass is 10.9. The Morgan fingerprint density at radius 3 is 2.15 bits per heavy atom. The first-order valence-corrected chi connectivity index (χ1v) is 7.05. The molecule has 0 aliphatic rings. The van der Waals surface area contributed by atoms with Gasteiger partial charge in [-0.15, -0.1) is 0 Å². The lowest BCUT2D eigenvalue weighted by Crippen LogP contribution is -2.04. The maximum Gasteiger partial charge on any atom is 0.356 e. The molecule has 0 heterocycles. The topological polar surface area (TPSA) is 44.8 Å². The fraction of sp³-hybridized carbons (Fsp3) is 1.00. The van der Waals surface area contributed by atoms with Crippen molar-refractivity contribution < 1.29 is 18.3 Å². The summed E-state index contributed by atoms with van der Waals surface area (Å²) in [7, 11) is -2.99. The average Bonchev–Trinajstić information content (AvgIpc) is 2.05. The highest BCUT2D eigenvalue weighted by molar-refractivity contribution is 9.09. The summed E-state index contributed by atoms with van der Waals surface area (Å²) in [6, 6.07) is 0. The number of ether oxygens (including phenoxy) is 1. The zero-order chi connectivity index (χ0) is 10.2. The van der Waals surface area contributed by atoms with Gasteiger partial charge in [-0.3, -0.25) is 4.57 Å². The van der Waals surface area contributed by atoms with Crippen LogP contribution in [0.4, 0.5) is 0 Å². The molecule has 13 heavy (non-hydrogen) atoms. The van der Waals surface area contributed by atoms with Gasteiger partial charge in [-0.05, 0) is 13.8 Å². The van der Waals surface area contributed by atoms with Crippen molar-refractivity contribution in [1.29, 1.82) is 0 Å². The summed E-state index contributed by atoms with van der Waals surface area (Å²) in [5.41, 5.74) is 0. The third-order valence-electron chi connectivity index (χ3n) is 1.12. The van der Waals surface area contributed by atoms with Crippen LogP contribution in [0.5, 0.6) is 0 Å². The molecule has 0 rings (SSSR count). The molecule has 0 saturated heterocycles. The summed E-state index contributed by atoms with van der Waals surface area (Å²) in [6.07, 6.45) is 0.0281. The molecule has 0 bridgehead atoms. The van der Waals surface area contributed by atoms with Gasteiger partial charge in [0.2, 0.25) is 0 Å². The molecule has 0 amide bonds. The Morgan fingerprint density at radius 2 is 1.77 bits per heavy atom. The summed E-state index contributed by atoms with van der Waals surface area (Å²) in [5, 5.41) is 0.714. The fourth-order valence-corrected chi connectivity index (χ4v) is 2.33. The molecule has 0 aliphatic carbocycles. The van der Waals surface area contributed by atoms with Gasteiger partial charge in [0.25, 0.3) is 0 Å². The number of alkyl halides is 1.